The Balaban J connectivity index is 2.25. The van der Waals surface area contributed by atoms with Gasteiger partial charge in [-0.3, -0.25) is 4.79 Å². The summed E-state index contributed by atoms with van der Waals surface area (Å²) in [5.41, 5.74) is 0.621. The maximum atomic E-state index is 11.6. The van der Waals surface area contributed by atoms with Crippen molar-refractivity contribution in [3.63, 3.8) is 0 Å². The number of methoxy groups -OCH3 is 1. The van der Waals surface area contributed by atoms with E-state index in [0.29, 0.717) is 18.3 Å². The molecule has 90 valence electrons. The molecule has 0 aliphatic heterocycles. The molecule has 2 aromatic heterocycles. The smallest absolute Gasteiger partial charge is 0.267 e. The maximum Gasteiger partial charge on any atom is 0.267 e. The fourth-order valence-corrected chi connectivity index (χ4v) is 2.27. The molecule has 0 radical (unpaired) electrons. The van der Waals surface area contributed by atoms with Crippen LogP contribution in [-0.2, 0) is 12.4 Å². The van der Waals surface area contributed by atoms with Gasteiger partial charge in [0.05, 0.1) is 25.2 Å². The average molecular weight is 272 g/mol. The Hall–Kier alpha value is -1.40. The van der Waals surface area contributed by atoms with Crippen LogP contribution in [0.2, 0.25) is 0 Å². The first-order valence-corrected chi connectivity index (χ1v) is 6.25. The van der Waals surface area contributed by atoms with Crippen molar-refractivity contribution < 1.29 is 4.74 Å². The summed E-state index contributed by atoms with van der Waals surface area (Å²) >= 11 is 7.12. The summed E-state index contributed by atoms with van der Waals surface area (Å²) in [6.45, 7) is 0.331. The monoisotopic (exact) mass is 271 g/mol. The molecular weight excluding hydrogens is 262 g/mol. The van der Waals surface area contributed by atoms with E-state index >= 15 is 0 Å². The fraction of sp³-hybridized carbons (Fsp3) is 0.300. The van der Waals surface area contributed by atoms with Crippen LogP contribution >= 0.6 is 22.9 Å². The summed E-state index contributed by atoms with van der Waals surface area (Å²) < 4.78 is 6.28. The van der Waals surface area contributed by atoms with Gasteiger partial charge in [-0.1, -0.05) is 0 Å². The van der Waals surface area contributed by atoms with E-state index in [1.54, 1.807) is 0 Å². The van der Waals surface area contributed by atoms with Crippen LogP contribution in [0.25, 0.3) is 0 Å². The van der Waals surface area contributed by atoms with Gasteiger partial charge in [0.2, 0.25) is 5.88 Å². The molecule has 17 heavy (non-hydrogen) atoms. The molecule has 2 aromatic rings. The highest BCUT2D eigenvalue weighted by Crippen LogP contribution is 2.12. The van der Waals surface area contributed by atoms with Crippen LogP contribution in [0.5, 0.6) is 5.88 Å². The number of ether oxygens (including phenoxy) is 1. The van der Waals surface area contributed by atoms with Gasteiger partial charge < -0.3 is 4.74 Å². The summed E-state index contributed by atoms with van der Waals surface area (Å²) in [4.78, 5) is 15.8. The summed E-state index contributed by atoms with van der Waals surface area (Å²) in [5.74, 6) is 0.774. The zero-order valence-electron chi connectivity index (χ0n) is 9.09. The largest absolute Gasteiger partial charge is 0.480 e. The van der Waals surface area contributed by atoms with Gasteiger partial charge in [0.15, 0.2) is 0 Å². The van der Waals surface area contributed by atoms with Crippen molar-refractivity contribution in [2.75, 3.05) is 7.11 Å². The highest BCUT2D eigenvalue weighted by atomic mass is 35.5. The van der Waals surface area contributed by atoms with Crippen molar-refractivity contribution in [3.8, 4) is 5.88 Å². The van der Waals surface area contributed by atoms with Gasteiger partial charge in [-0.05, 0) is 0 Å². The van der Waals surface area contributed by atoms with E-state index in [4.69, 9.17) is 16.3 Å². The van der Waals surface area contributed by atoms with Crippen molar-refractivity contribution in [3.05, 3.63) is 38.6 Å². The molecule has 0 fully saturated rings. The lowest BCUT2D eigenvalue weighted by atomic mass is 10.5. The molecule has 2 heterocycles. The third kappa shape index (κ3) is 2.83. The molecular formula is C10H10ClN3O2S. The number of hydrogen-bond donors (Lipinski definition) is 0. The van der Waals surface area contributed by atoms with E-state index in [1.807, 2.05) is 5.38 Å². The van der Waals surface area contributed by atoms with Crippen LogP contribution in [0.4, 0.5) is 0 Å². The quantitative estimate of drug-likeness (QED) is 0.791. The minimum absolute atomic E-state index is 0.187. The summed E-state index contributed by atoms with van der Waals surface area (Å²) in [6, 6.07) is 2.95. The second-order valence-electron chi connectivity index (χ2n) is 3.24. The maximum absolute atomic E-state index is 11.6. The normalized spacial score (nSPS) is 10.5. The predicted molar refractivity (Wildman–Crippen MR) is 65.8 cm³/mol. The van der Waals surface area contributed by atoms with Crippen LogP contribution in [0.15, 0.2) is 22.3 Å². The molecule has 0 spiro atoms. The second-order valence-corrected chi connectivity index (χ2v) is 4.45. The van der Waals surface area contributed by atoms with Gasteiger partial charge in [-0.15, -0.1) is 28.0 Å². The molecule has 2 rings (SSSR count). The Bertz CT molecular complexity index is 567. The summed E-state index contributed by atoms with van der Waals surface area (Å²) in [5, 5.41) is 6.70. The van der Waals surface area contributed by atoms with Gasteiger partial charge in [-0.25, -0.2) is 9.67 Å². The topological polar surface area (TPSA) is 57.0 Å². The predicted octanol–water partition coefficient (Wildman–Crippen LogP) is 1.50. The van der Waals surface area contributed by atoms with E-state index in [1.165, 1.54) is 35.3 Å². The highest BCUT2D eigenvalue weighted by Gasteiger charge is 2.05. The molecule has 0 atom stereocenters. The highest BCUT2D eigenvalue weighted by molar-refractivity contribution is 7.09. The lowest BCUT2D eigenvalue weighted by Gasteiger charge is -2.03. The molecule has 0 N–H and O–H groups in total. The van der Waals surface area contributed by atoms with Crippen molar-refractivity contribution >= 4 is 22.9 Å². The van der Waals surface area contributed by atoms with Gasteiger partial charge in [-0.2, -0.15) is 0 Å². The molecule has 0 unspecified atom stereocenters. The Morgan fingerprint density at radius 1 is 1.53 bits per heavy atom. The first-order chi connectivity index (χ1) is 8.22. The fourth-order valence-electron chi connectivity index (χ4n) is 1.26. The summed E-state index contributed by atoms with van der Waals surface area (Å²) in [7, 11) is 1.51. The third-order valence-corrected chi connectivity index (χ3v) is 3.23. The van der Waals surface area contributed by atoms with Gasteiger partial charge in [0.1, 0.15) is 5.01 Å². The Morgan fingerprint density at radius 3 is 3.00 bits per heavy atom. The van der Waals surface area contributed by atoms with E-state index in [2.05, 4.69) is 10.1 Å². The lowest BCUT2D eigenvalue weighted by molar-refractivity contribution is 0.379. The van der Waals surface area contributed by atoms with Crippen molar-refractivity contribution in [2.24, 2.45) is 0 Å². The van der Waals surface area contributed by atoms with E-state index in [0.717, 1.165) is 10.7 Å². The molecule has 0 aliphatic carbocycles. The number of rotatable bonds is 4. The standard InChI is InChI=1S/C10H10ClN3O2S/c1-16-8-2-3-10(15)14(13-8)5-9-12-7(4-11)6-17-9/h2-3,6H,4-5H2,1H3. The zero-order valence-corrected chi connectivity index (χ0v) is 10.7. The zero-order chi connectivity index (χ0) is 12.3. The SMILES string of the molecule is COc1ccc(=O)n(Cc2nc(CCl)cs2)n1. The number of aromatic nitrogens is 3. The van der Waals surface area contributed by atoms with Crippen LogP contribution in [0.1, 0.15) is 10.7 Å². The summed E-state index contributed by atoms with van der Waals surface area (Å²) in [6.07, 6.45) is 0. The van der Waals surface area contributed by atoms with E-state index in [-0.39, 0.29) is 5.56 Å². The van der Waals surface area contributed by atoms with E-state index in [9.17, 15) is 4.79 Å². The molecule has 0 saturated carbocycles. The van der Waals surface area contributed by atoms with Gasteiger partial charge in [0.25, 0.3) is 5.56 Å². The molecule has 0 amide bonds. The first kappa shape index (κ1) is 12.1. The number of hydrogen-bond acceptors (Lipinski definition) is 5. The molecule has 0 bridgehead atoms. The minimum Gasteiger partial charge on any atom is -0.480 e. The second kappa shape index (κ2) is 5.29. The van der Waals surface area contributed by atoms with Gasteiger partial charge >= 0.3 is 0 Å². The number of thiazole rings is 1. The van der Waals surface area contributed by atoms with Crippen LogP contribution < -0.4 is 10.3 Å². The minimum atomic E-state index is -0.187. The molecule has 7 heteroatoms. The van der Waals surface area contributed by atoms with Crippen molar-refractivity contribution in [1.82, 2.24) is 14.8 Å². The third-order valence-electron chi connectivity index (χ3n) is 2.07. The number of halogens is 1. The Labute approximate surface area is 107 Å². The average Bonchev–Trinajstić information content (AvgIpc) is 2.80. The van der Waals surface area contributed by atoms with Crippen molar-refractivity contribution in [1.29, 1.82) is 0 Å². The lowest BCUT2D eigenvalue weighted by Crippen LogP contribution is -2.22. The van der Waals surface area contributed by atoms with Crippen LogP contribution in [0, 0.1) is 0 Å². The molecule has 5 nitrogen and oxygen atoms in total. The van der Waals surface area contributed by atoms with Gasteiger partial charge in [0, 0.05) is 17.5 Å². The molecule has 0 aliphatic rings. The number of alkyl halides is 1. The van der Waals surface area contributed by atoms with Crippen molar-refractivity contribution in [2.45, 2.75) is 12.4 Å². The van der Waals surface area contributed by atoms with E-state index < -0.39 is 0 Å². The van der Waals surface area contributed by atoms with Crippen LogP contribution in [-0.4, -0.2) is 21.9 Å². The first-order valence-electron chi connectivity index (χ1n) is 4.84. The Morgan fingerprint density at radius 2 is 2.35 bits per heavy atom. The molecule has 0 saturated heterocycles. The Kier molecular flexibility index (Phi) is 3.75. The van der Waals surface area contributed by atoms with Crippen LogP contribution in [0.3, 0.4) is 0 Å². The molecule has 0 aromatic carbocycles. The number of nitrogens with zero attached hydrogens (tertiary/aromatic N) is 3.